The zero-order chi connectivity index (χ0) is 16.9. The Morgan fingerprint density at radius 2 is 1.72 bits per heavy atom. The third-order valence-electron chi connectivity index (χ3n) is 3.61. The Hall–Kier alpha value is -1.56. The van der Waals surface area contributed by atoms with Crippen molar-refractivity contribution in [3.8, 4) is 0 Å². The molecule has 0 bridgehead atoms. The Balaban J connectivity index is 0.00000225. The molecular weight excluding hydrogens is 381 g/mol. The summed E-state index contributed by atoms with van der Waals surface area (Å²) in [6.45, 7) is 1.06. The fraction of sp³-hybridized carbons (Fsp3) is 0.167. The van der Waals surface area contributed by atoms with Crippen LogP contribution in [0.15, 0.2) is 61.2 Å². The summed E-state index contributed by atoms with van der Waals surface area (Å²) in [7, 11) is 0. The van der Waals surface area contributed by atoms with Gasteiger partial charge in [0.2, 0.25) is 0 Å². The summed E-state index contributed by atoms with van der Waals surface area (Å²) in [5.74, 6) is 0. The number of nitrogens with zero attached hydrogens (tertiary/aromatic N) is 2. The molecule has 2 aromatic carbocycles. The quantitative estimate of drug-likeness (QED) is 0.538. The number of aromatic nitrogens is 2. The van der Waals surface area contributed by atoms with Crippen molar-refractivity contribution in [2.24, 2.45) is 0 Å². The minimum Gasteiger partial charge on any atom is -0.369 e. The van der Waals surface area contributed by atoms with Gasteiger partial charge >= 0.3 is 0 Å². The molecule has 0 saturated carbocycles. The highest BCUT2D eigenvalue weighted by Crippen LogP contribution is 2.30. The minimum atomic E-state index is -0.223. The van der Waals surface area contributed by atoms with E-state index in [-0.39, 0.29) is 12.3 Å². The number of halogens is 3. The van der Waals surface area contributed by atoms with Crippen LogP contribution in [0, 0.1) is 0 Å². The molecule has 7 heteroatoms. The maximum atomic E-state index is 6.36. The zero-order valence-corrected chi connectivity index (χ0v) is 16.0. The van der Waals surface area contributed by atoms with Crippen molar-refractivity contribution in [3.05, 3.63) is 87.4 Å². The van der Waals surface area contributed by atoms with Gasteiger partial charge in [0.05, 0.1) is 19.5 Å². The van der Waals surface area contributed by atoms with Gasteiger partial charge in [-0.05, 0) is 29.8 Å². The van der Waals surface area contributed by atoms with E-state index in [2.05, 4.69) is 4.98 Å². The zero-order valence-electron chi connectivity index (χ0n) is 13.7. The topological polar surface area (TPSA) is 63.5 Å². The first-order valence-electron chi connectivity index (χ1n) is 7.38. The minimum absolute atomic E-state index is 0. The van der Waals surface area contributed by atoms with Gasteiger partial charge in [-0.1, -0.05) is 53.0 Å². The molecule has 0 aliphatic rings. The van der Waals surface area contributed by atoms with E-state index < -0.39 is 0 Å². The Labute approximate surface area is 161 Å². The van der Waals surface area contributed by atoms with E-state index in [9.17, 15) is 0 Å². The smallest absolute Gasteiger partial charge is 0.102 e. The van der Waals surface area contributed by atoms with Crippen molar-refractivity contribution in [2.75, 3.05) is 0 Å². The highest BCUT2D eigenvalue weighted by molar-refractivity contribution is 6.35. The van der Waals surface area contributed by atoms with Gasteiger partial charge in [0, 0.05) is 33.0 Å². The number of rotatable bonds is 6. The first-order valence-corrected chi connectivity index (χ1v) is 8.52. The van der Waals surface area contributed by atoms with Crippen molar-refractivity contribution < 1.29 is 4.74 Å². The van der Waals surface area contributed by atoms with Gasteiger partial charge in [0.25, 0.3) is 0 Å². The number of imidazole rings is 1. The largest absolute Gasteiger partial charge is 0.369 e. The van der Waals surface area contributed by atoms with Gasteiger partial charge in [0.1, 0.15) is 6.10 Å². The maximum absolute atomic E-state index is 6.36. The molecule has 0 aliphatic heterocycles. The third-order valence-corrected chi connectivity index (χ3v) is 4.42. The lowest BCUT2D eigenvalue weighted by molar-refractivity contribution is 0.0280. The molecule has 0 spiro atoms. The molecule has 4 nitrogen and oxygen atoms in total. The highest BCUT2D eigenvalue weighted by atomic mass is 35.5. The van der Waals surface area contributed by atoms with Crippen LogP contribution < -0.4 is 6.15 Å². The number of ether oxygens (including phenoxy) is 1. The maximum Gasteiger partial charge on any atom is 0.102 e. The van der Waals surface area contributed by atoms with E-state index in [1.165, 1.54) is 0 Å². The fourth-order valence-corrected chi connectivity index (χ4v) is 3.02. The summed E-state index contributed by atoms with van der Waals surface area (Å²) in [6.07, 6.45) is 5.16. The third kappa shape index (κ3) is 5.46. The summed E-state index contributed by atoms with van der Waals surface area (Å²) in [5, 5.41) is 1.89. The molecule has 3 aromatic rings. The van der Waals surface area contributed by atoms with Crippen LogP contribution in [0.2, 0.25) is 15.1 Å². The van der Waals surface area contributed by atoms with Crippen LogP contribution in [0.3, 0.4) is 0 Å². The highest BCUT2D eigenvalue weighted by Gasteiger charge is 2.17. The van der Waals surface area contributed by atoms with Crippen LogP contribution >= 0.6 is 34.8 Å². The average Bonchev–Trinajstić information content (AvgIpc) is 3.06. The van der Waals surface area contributed by atoms with Crippen LogP contribution in [0.4, 0.5) is 0 Å². The molecule has 0 radical (unpaired) electrons. The van der Waals surface area contributed by atoms with Crippen molar-refractivity contribution in [1.82, 2.24) is 15.7 Å². The van der Waals surface area contributed by atoms with Crippen molar-refractivity contribution in [1.29, 1.82) is 0 Å². The number of hydrogen-bond acceptors (Lipinski definition) is 2. The second kappa shape index (κ2) is 9.22. The lowest BCUT2D eigenvalue weighted by Crippen LogP contribution is -2.12. The van der Waals surface area contributed by atoms with Gasteiger partial charge < -0.3 is 15.5 Å². The molecule has 1 aromatic heterocycles. The van der Waals surface area contributed by atoms with E-state index in [1.54, 1.807) is 18.6 Å². The number of hydrogen-bond donors (Lipinski definition) is 1. The van der Waals surface area contributed by atoms with Crippen molar-refractivity contribution in [3.63, 3.8) is 0 Å². The molecule has 0 saturated heterocycles. The van der Waals surface area contributed by atoms with Crippen molar-refractivity contribution >= 4 is 34.8 Å². The Morgan fingerprint density at radius 3 is 2.36 bits per heavy atom. The Bertz CT molecular complexity index is 792. The van der Waals surface area contributed by atoms with E-state index in [1.807, 2.05) is 47.2 Å². The SMILES string of the molecule is Clc1ccc(COC(Cn2ccnc2)c2ccc(Cl)cc2Cl)cc1.[NH4+]. The number of quaternary nitrogens is 1. The van der Waals surface area contributed by atoms with Crippen molar-refractivity contribution in [2.45, 2.75) is 19.3 Å². The molecule has 25 heavy (non-hydrogen) atoms. The van der Waals surface area contributed by atoms with E-state index in [4.69, 9.17) is 39.5 Å². The lowest BCUT2D eigenvalue weighted by Gasteiger charge is -2.20. The van der Waals surface area contributed by atoms with Gasteiger partial charge in [-0.25, -0.2) is 4.98 Å². The predicted octanol–water partition coefficient (Wildman–Crippen LogP) is 6.18. The molecule has 1 atom stereocenters. The van der Waals surface area contributed by atoms with E-state index >= 15 is 0 Å². The van der Waals surface area contributed by atoms with E-state index in [0.717, 1.165) is 11.1 Å². The first kappa shape index (κ1) is 19.8. The van der Waals surface area contributed by atoms with Crippen LogP contribution in [0.1, 0.15) is 17.2 Å². The Morgan fingerprint density at radius 1 is 1.00 bits per heavy atom. The summed E-state index contributed by atoms with van der Waals surface area (Å²) in [5.41, 5.74) is 1.93. The molecule has 1 heterocycles. The molecule has 0 aliphatic carbocycles. The van der Waals surface area contributed by atoms with Gasteiger partial charge in [-0.2, -0.15) is 0 Å². The molecule has 132 valence electrons. The van der Waals surface area contributed by atoms with Gasteiger partial charge in [0.15, 0.2) is 0 Å². The fourth-order valence-electron chi connectivity index (χ4n) is 2.37. The van der Waals surface area contributed by atoms with Crippen LogP contribution in [-0.2, 0) is 17.9 Å². The van der Waals surface area contributed by atoms with Crippen LogP contribution in [0.25, 0.3) is 0 Å². The first-order chi connectivity index (χ1) is 11.6. The predicted molar refractivity (Wildman–Crippen MR) is 104 cm³/mol. The summed E-state index contributed by atoms with van der Waals surface area (Å²) in [6, 6.07) is 13.0. The molecule has 4 N–H and O–H groups in total. The van der Waals surface area contributed by atoms with Crippen LogP contribution in [0.5, 0.6) is 0 Å². The van der Waals surface area contributed by atoms with E-state index in [0.29, 0.717) is 28.2 Å². The molecule has 0 fully saturated rings. The Kier molecular flexibility index (Phi) is 7.29. The summed E-state index contributed by atoms with van der Waals surface area (Å²) >= 11 is 18.3. The molecule has 0 amide bonds. The van der Waals surface area contributed by atoms with Crippen LogP contribution in [-0.4, -0.2) is 9.55 Å². The standard InChI is InChI=1S/C18H15Cl3N2O.H3N/c19-14-3-1-13(2-4-14)11-24-18(10-23-8-7-22-12-23)16-6-5-15(20)9-17(16)21;/h1-9,12,18H,10-11H2;1H3/p+1. The number of benzene rings is 2. The second-order valence-corrected chi connectivity index (χ2v) is 6.63. The normalized spacial score (nSPS) is 11.8. The molecule has 1 unspecified atom stereocenters. The molecular formula is C18H19Cl3N3O+. The van der Waals surface area contributed by atoms with Gasteiger partial charge in [-0.15, -0.1) is 0 Å². The molecule has 3 rings (SSSR count). The average molecular weight is 400 g/mol. The summed E-state index contributed by atoms with van der Waals surface area (Å²) in [4.78, 5) is 4.07. The lowest BCUT2D eigenvalue weighted by atomic mass is 10.1. The summed E-state index contributed by atoms with van der Waals surface area (Å²) < 4.78 is 8.08. The second-order valence-electron chi connectivity index (χ2n) is 5.35. The van der Waals surface area contributed by atoms with Gasteiger partial charge in [-0.3, -0.25) is 0 Å². The monoisotopic (exact) mass is 398 g/mol.